The number of fused-ring (bicyclic) bond motifs is 15. The zero-order valence-corrected chi connectivity index (χ0v) is 31.4. The lowest BCUT2D eigenvalue weighted by Gasteiger charge is -2.45. The number of hydrogen-bond acceptors (Lipinski definition) is 1. The normalized spacial score (nSPS) is 15.1. The van der Waals surface area contributed by atoms with Crippen LogP contribution in [0.4, 0.5) is 0 Å². The molecule has 1 atom stereocenters. The van der Waals surface area contributed by atoms with Crippen LogP contribution in [0, 0.1) is 0 Å². The molecule has 2 aromatic heterocycles. The summed E-state index contributed by atoms with van der Waals surface area (Å²) in [6.07, 6.45) is 0. The summed E-state index contributed by atoms with van der Waals surface area (Å²) in [5, 5.41) is 4.87. The predicted molar refractivity (Wildman–Crippen MR) is 238 cm³/mol. The molecule has 13 rings (SSSR count). The Morgan fingerprint density at radius 2 is 0.897 bits per heavy atom. The summed E-state index contributed by atoms with van der Waals surface area (Å²) in [7, 11) is 0. The Morgan fingerprint density at radius 3 is 1.62 bits per heavy atom. The van der Waals surface area contributed by atoms with Gasteiger partial charge in [-0.25, -0.2) is 0 Å². The molecule has 0 saturated carbocycles. The molecule has 4 heterocycles. The van der Waals surface area contributed by atoms with Crippen molar-refractivity contribution in [3.63, 3.8) is 0 Å². The zero-order chi connectivity index (χ0) is 38.0. The van der Waals surface area contributed by atoms with Gasteiger partial charge in [0.2, 0.25) is 0 Å². The Labute approximate surface area is 335 Å². The van der Waals surface area contributed by atoms with E-state index in [1.54, 1.807) is 0 Å². The fraction of sp³-hybridized carbons (Fsp3) is 0.0182. The topological polar surface area (TPSA) is 19.1 Å². The van der Waals surface area contributed by atoms with Gasteiger partial charge in [-0.3, -0.25) is 0 Å². The largest absolute Gasteiger partial charge is 0.454 e. The van der Waals surface area contributed by atoms with Crippen LogP contribution in [-0.4, -0.2) is 9.13 Å². The second-order valence-corrected chi connectivity index (χ2v) is 15.6. The SMILES string of the molecule is c1ccc(-c2cc(-c3ccccc3)cc(-n3c4ccccc4c4ccc5c(c43)Oc3ccccc3C53c4ccccc4-n4c5ccccc5c5cccc3c54)c2)cc1. The van der Waals surface area contributed by atoms with Gasteiger partial charge < -0.3 is 13.9 Å². The first-order chi connectivity index (χ1) is 28.8. The van der Waals surface area contributed by atoms with E-state index < -0.39 is 5.41 Å². The molecule has 1 spiro atoms. The first kappa shape index (κ1) is 31.6. The fourth-order valence-electron chi connectivity index (χ4n) is 10.4. The maximum absolute atomic E-state index is 7.37. The van der Waals surface area contributed by atoms with Gasteiger partial charge in [-0.2, -0.15) is 0 Å². The molecule has 9 aromatic carbocycles. The van der Waals surface area contributed by atoms with Gasteiger partial charge in [0.05, 0.1) is 33.2 Å². The van der Waals surface area contributed by atoms with Crippen molar-refractivity contribution in [3.05, 3.63) is 229 Å². The van der Waals surface area contributed by atoms with Gasteiger partial charge in [-0.05, 0) is 75.8 Å². The van der Waals surface area contributed by atoms with Gasteiger partial charge in [-0.15, -0.1) is 0 Å². The minimum Gasteiger partial charge on any atom is -0.454 e. The monoisotopic (exact) mass is 738 g/mol. The standard InChI is InChI=1S/C55H34N2O/c1-3-16-35(17-4-1)37-32-38(36-18-5-2-6-19-36)34-39(33-37)56-48-26-11-7-21-41(48)43-30-31-47-54(53(43)56)58-51-29-14-10-24-45(51)55(47)44-23-9-13-28-50(44)57-49-27-12-8-20-40(49)42-22-15-25-46(55)52(42)57/h1-34H. The maximum atomic E-state index is 7.37. The summed E-state index contributed by atoms with van der Waals surface area (Å²) in [6.45, 7) is 0. The molecule has 270 valence electrons. The molecule has 58 heavy (non-hydrogen) atoms. The van der Waals surface area contributed by atoms with Crippen molar-refractivity contribution in [1.82, 2.24) is 9.13 Å². The molecule has 0 bridgehead atoms. The Morgan fingerprint density at radius 1 is 0.345 bits per heavy atom. The van der Waals surface area contributed by atoms with E-state index in [9.17, 15) is 0 Å². The first-order valence-electron chi connectivity index (χ1n) is 20.0. The van der Waals surface area contributed by atoms with Gasteiger partial charge >= 0.3 is 0 Å². The number of hydrogen-bond donors (Lipinski definition) is 0. The summed E-state index contributed by atoms with van der Waals surface area (Å²) >= 11 is 0. The van der Waals surface area contributed by atoms with E-state index in [-0.39, 0.29) is 0 Å². The van der Waals surface area contributed by atoms with Crippen LogP contribution in [-0.2, 0) is 5.41 Å². The molecule has 0 aliphatic carbocycles. The van der Waals surface area contributed by atoms with E-state index >= 15 is 0 Å². The van der Waals surface area contributed by atoms with Crippen LogP contribution < -0.4 is 4.74 Å². The number of ether oxygens (including phenoxy) is 1. The van der Waals surface area contributed by atoms with Crippen molar-refractivity contribution in [2.45, 2.75) is 5.41 Å². The molecule has 11 aromatic rings. The minimum atomic E-state index is -0.665. The van der Waals surface area contributed by atoms with Crippen LogP contribution in [0.1, 0.15) is 22.3 Å². The Balaban J connectivity index is 1.20. The van der Waals surface area contributed by atoms with Gasteiger partial charge in [0.1, 0.15) is 5.75 Å². The van der Waals surface area contributed by atoms with Gasteiger partial charge in [0.25, 0.3) is 0 Å². The average molecular weight is 739 g/mol. The zero-order valence-electron chi connectivity index (χ0n) is 31.4. The summed E-state index contributed by atoms with van der Waals surface area (Å²) < 4.78 is 12.3. The van der Waals surface area contributed by atoms with E-state index in [2.05, 4.69) is 215 Å². The second-order valence-electron chi connectivity index (χ2n) is 15.6. The Bertz CT molecular complexity index is 3430. The summed E-state index contributed by atoms with van der Waals surface area (Å²) in [5.74, 6) is 1.76. The molecule has 2 aliphatic heterocycles. The van der Waals surface area contributed by atoms with Crippen molar-refractivity contribution >= 4 is 43.6 Å². The minimum absolute atomic E-state index is 0.665. The quantitative estimate of drug-likeness (QED) is 0.177. The lowest BCUT2D eigenvalue weighted by molar-refractivity contribution is 0.438. The molecule has 1 unspecified atom stereocenters. The van der Waals surface area contributed by atoms with Crippen molar-refractivity contribution in [2.24, 2.45) is 0 Å². The third-order valence-corrected chi connectivity index (χ3v) is 12.7. The summed E-state index contributed by atoms with van der Waals surface area (Å²) in [4.78, 5) is 0. The molecule has 0 fully saturated rings. The molecule has 0 saturated heterocycles. The third-order valence-electron chi connectivity index (χ3n) is 12.7. The van der Waals surface area contributed by atoms with Gasteiger partial charge in [0.15, 0.2) is 5.75 Å². The summed E-state index contributed by atoms with van der Waals surface area (Å²) in [6, 6.07) is 75.4. The average Bonchev–Trinajstić information content (AvgIpc) is 3.82. The van der Waals surface area contributed by atoms with Crippen LogP contribution in [0.15, 0.2) is 206 Å². The van der Waals surface area contributed by atoms with Crippen molar-refractivity contribution in [1.29, 1.82) is 0 Å². The number of nitrogens with zero attached hydrogens (tertiary/aromatic N) is 2. The molecule has 3 heteroatoms. The van der Waals surface area contributed by atoms with Crippen LogP contribution >= 0.6 is 0 Å². The summed E-state index contributed by atoms with van der Waals surface area (Å²) in [5.41, 5.74) is 15.8. The van der Waals surface area contributed by atoms with E-state index in [0.717, 1.165) is 55.9 Å². The highest BCUT2D eigenvalue weighted by atomic mass is 16.5. The molecule has 0 N–H and O–H groups in total. The predicted octanol–water partition coefficient (Wildman–Crippen LogP) is 14.0. The van der Waals surface area contributed by atoms with Crippen LogP contribution in [0.3, 0.4) is 0 Å². The van der Waals surface area contributed by atoms with Crippen LogP contribution in [0.2, 0.25) is 0 Å². The van der Waals surface area contributed by atoms with Gasteiger partial charge in [0, 0.05) is 38.4 Å². The molecular weight excluding hydrogens is 705 g/mol. The second kappa shape index (κ2) is 11.7. The van der Waals surface area contributed by atoms with Gasteiger partial charge in [-0.1, -0.05) is 164 Å². The van der Waals surface area contributed by atoms with Crippen molar-refractivity contribution < 1.29 is 4.74 Å². The molecule has 0 radical (unpaired) electrons. The van der Waals surface area contributed by atoms with E-state index in [1.165, 1.54) is 55.1 Å². The highest BCUT2D eigenvalue weighted by Crippen LogP contribution is 2.62. The lowest BCUT2D eigenvalue weighted by atomic mass is 9.61. The molecular formula is C55H34N2O. The molecule has 3 nitrogen and oxygen atoms in total. The highest BCUT2D eigenvalue weighted by molar-refractivity contribution is 6.14. The lowest BCUT2D eigenvalue weighted by Crippen LogP contribution is -2.37. The van der Waals surface area contributed by atoms with Crippen LogP contribution in [0.5, 0.6) is 11.5 Å². The van der Waals surface area contributed by atoms with E-state index in [0.29, 0.717) is 0 Å². The Kier molecular flexibility index (Phi) is 6.37. The van der Waals surface area contributed by atoms with Crippen LogP contribution in [0.25, 0.3) is 77.2 Å². The van der Waals surface area contributed by atoms with E-state index in [4.69, 9.17) is 4.74 Å². The number of aromatic nitrogens is 2. The fourth-order valence-corrected chi connectivity index (χ4v) is 10.4. The van der Waals surface area contributed by atoms with Crippen molar-refractivity contribution in [2.75, 3.05) is 0 Å². The third kappa shape index (κ3) is 4.07. The number of rotatable bonds is 3. The number of benzene rings is 9. The number of para-hydroxylation sites is 5. The maximum Gasteiger partial charge on any atom is 0.156 e. The van der Waals surface area contributed by atoms with E-state index in [1.807, 2.05) is 0 Å². The highest BCUT2D eigenvalue weighted by Gasteiger charge is 2.51. The Hall–Kier alpha value is -7.62. The molecule has 0 amide bonds. The molecule has 2 aliphatic rings. The first-order valence-corrected chi connectivity index (χ1v) is 20.0. The smallest absolute Gasteiger partial charge is 0.156 e. The van der Waals surface area contributed by atoms with Crippen molar-refractivity contribution in [3.8, 4) is 45.1 Å².